The van der Waals surface area contributed by atoms with Crippen LogP contribution < -0.4 is 4.74 Å². The molecule has 0 bridgehead atoms. The molecule has 142 valence electrons. The molecule has 27 heavy (non-hydrogen) atoms. The smallest absolute Gasteiger partial charge is 0.137 e. The van der Waals surface area contributed by atoms with Crippen molar-refractivity contribution in [1.29, 1.82) is 5.26 Å². The third kappa shape index (κ3) is 5.23. The van der Waals surface area contributed by atoms with Gasteiger partial charge in [0.15, 0.2) is 0 Å². The van der Waals surface area contributed by atoms with Crippen LogP contribution in [0.4, 0.5) is 0 Å². The van der Waals surface area contributed by atoms with E-state index in [0.717, 1.165) is 36.4 Å². The topological polar surface area (TPSA) is 39.5 Å². The molecule has 5 heteroatoms. The highest BCUT2D eigenvalue weighted by atomic mass is 35.5. The van der Waals surface area contributed by atoms with Crippen molar-refractivity contribution in [3.8, 4) is 22.9 Å². The minimum absolute atomic E-state index is 0.616. The first-order valence-corrected chi connectivity index (χ1v) is 9.76. The summed E-state index contributed by atoms with van der Waals surface area (Å²) in [4.78, 5) is 4.81. The minimum atomic E-state index is 0.616. The molecule has 0 spiro atoms. The number of ether oxygens (including phenoxy) is 1. The van der Waals surface area contributed by atoms with Gasteiger partial charge in [-0.1, -0.05) is 29.8 Å². The van der Waals surface area contributed by atoms with Crippen LogP contribution in [0.1, 0.15) is 18.4 Å². The summed E-state index contributed by atoms with van der Waals surface area (Å²) in [5, 5.41) is 9.51. The van der Waals surface area contributed by atoms with Crippen LogP contribution in [0.2, 0.25) is 5.02 Å². The molecule has 0 amide bonds. The van der Waals surface area contributed by atoms with Gasteiger partial charge in [-0.25, -0.2) is 0 Å². The van der Waals surface area contributed by atoms with Gasteiger partial charge >= 0.3 is 0 Å². The zero-order valence-electron chi connectivity index (χ0n) is 16.0. The predicted octanol–water partition coefficient (Wildman–Crippen LogP) is 4.28. The molecule has 1 aliphatic heterocycles. The molecule has 1 atom stereocenters. The molecule has 2 aromatic rings. The number of nitriles is 1. The molecule has 0 saturated carbocycles. The van der Waals surface area contributed by atoms with Crippen LogP contribution in [0.5, 0.6) is 5.75 Å². The molecule has 0 radical (unpaired) electrons. The zero-order valence-corrected chi connectivity index (χ0v) is 16.7. The first-order valence-electron chi connectivity index (χ1n) is 9.38. The van der Waals surface area contributed by atoms with E-state index >= 15 is 0 Å². The fourth-order valence-corrected chi connectivity index (χ4v) is 3.68. The number of nitrogens with zero attached hydrogens (tertiary/aromatic N) is 3. The highest BCUT2D eigenvalue weighted by molar-refractivity contribution is 6.32. The maximum atomic E-state index is 8.90. The van der Waals surface area contributed by atoms with E-state index in [4.69, 9.17) is 21.6 Å². The maximum Gasteiger partial charge on any atom is 0.137 e. The molecule has 3 rings (SSSR count). The largest absolute Gasteiger partial charge is 0.492 e. The second-order valence-electron chi connectivity index (χ2n) is 7.24. The van der Waals surface area contributed by atoms with Crippen LogP contribution >= 0.6 is 11.6 Å². The first-order chi connectivity index (χ1) is 13.1. The van der Waals surface area contributed by atoms with Gasteiger partial charge in [-0.2, -0.15) is 5.26 Å². The maximum absolute atomic E-state index is 8.90. The van der Waals surface area contributed by atoms with E-state index < -0.39 is 0 Å². The molecule has 0 aromatic heterocycles. The van der Waals surface area contributed by atoms with Crippen LogP contribution in [0.25, 0.3) is 11.1 Å². The summed E-state index contributed by atoms with van der Waals surface area (Å²) in [6, 6.07) is 16.1. The Morgan fingerprint density at radius 3 is 2.56 bits per heavy atom. The lowest BCUT2D eigenvalue weighted by Gasteiger charge is -2.20. The van der Waals surface area contributed by atoms with Crippen molar-refractivity contribution in [2.45, 2.75) is 18.9 Å². The van der Waals surface area contributed by atoms with E-state index in [-0.39, 0.29) is 0 Å². The Morgan fingerprint density at radius 2 is 1.93 bits per heavy atom. The summed E-state index contributed by atoms with van der Waals surface area (Å²) in [5.74, 6) is 0.724. The number of likely N-dealkylation sites (N-methyl/N-ethyl adjacent to an activating group) is 1. The first kappa shape index (κ1) is 19.7. The van der Waals surface area contributed by atoms with Crippen molar-refractivity contribution in [1.82, 2.24) is 9.80 Å². The highest BCUT2D eigenvalue weighted by Crippen LogP contribution is 2.30. The Morgan fingerprint density at radius 1 is 1.19 bits per heavy atom. The minimum Gasteiger partial charge on any atom is -0.492 e. The summed E-state index contributed by atoms with van der Waals surface area (Å²) in [5.41, 5.74) is 2.70. The Labute approximate surface area is 166 Å². The molecule has 4 nitrogen and oxygen atoms in total. The van der Waals surface area contributed by atoms with Gasteiger partial charge in [0.2, 0.25) is 0 Å². The SMILES string of the molecule is CN(C)[C@@H]1CCN(CCCOc2ccc(-c3ccc(C#N)cc3)cc2Cl)C1. The number of hydrogen-bond donors (Lipinski definition) is 0. The summed E-state index contributed by atoms with van der Waals surface area (Å²) in [6.07, 6.45) is 2.24. The molecule has 0 unspecified atom stereocenters. The molecular weight excluding hydrogens is 358 g/mol. The van der Waals surface area contributed by atoms with Gasteiger partial charge in [0, 0.05) is 19.1 Å². The number of halogens is 1. The fourth-order valence-electron chi connectivity index (χ4n) is 3.44. The zero-order chi connectivity index (χ0) is 19.2. The molecule has 0 N–H and O–H groups in total. The van der Waals surface area contributed by atoms with Crippen molar-refractivity contribution in [3.63, 3.8) is 0 Å². The van der Waals surface area contributed by atoms with E-state index in [1.54, 1.807) is 0 Å². The van der Waals surface area contributed by atoms with Crippen molar-refractivity contribution in [3.05, 3.63) is 53.1 Å². The summed E-state index contributed by atoms with van der Waals surface area (Å²) >= 11 is 6.40. The number of hydrogen-bond acceptors (Lipinski definition) is 4. The van der Waals surface area contributed by atoms with Crippen molar-refractivity contribution < 1.29 is 4.74 Å². The standard InChI is InChI=1S/C22H26ClN3O/c1-25(2)20-10-12-26(16-20)11-3-13-27-22-9-8-19(14-21(22)23)18-6-4-17(15-24)5-7-18/h4-9,14,20H,3,10-13,16H2,1-2H3/t20-/m1/s1. The van der Waals surface area contributed by atoms with Crippen molar-refractivity contribution >= 4 is 11.6 Å². The Balaban J connectivity index is 1.49. The van der Waals surface area contributed by atoms with Gasteiger partial charge in [-0.05, 0) is 68.9 Å². The summed E-state index contributed by atoms with van der Waals surface area (Å²) < 4.78 is 5.89. The van der Waals surface area contributed by atoms with Crippen LogP contribution in [-0.2, 0) is 0 Å². The van der Waals surface area contributed by atoms with E-state index in [1.807, 2.05) is 42.5 Å². The summed E-state index contributed by atoms with van der Waals surface area (Å²) in [6.45, 7) is 4.04. The Kier molecular flexibility index (Phi) is 6.73. The monoisotopic (exact) mass is 383 g/mol. The molecule has 1 fully saturated rings. The molecule has 2 aromatic carbocycles. The number of benzene rings is 2. The van der Waals surface area contributed by atoms with Crippen LogP contribution in [0.3, 0.4) is 0 Å². The molecule has 1 saturated heterocycles. The normalized spacial score (nSPS) is 17.2. The fraction of sp³-hybridized carbons (Fsp3) is 0.409. The van der Waals surface area contributed by atoms with Gasteiger partial charge < -0.3 is 14.5 Å². The van der Waals surface area contributed by atoms with E-state index in [9.17, 15) is 0 Å². The van der Waals surface area contributed by atoms with Crippen LogP contribution in [-0.4, -0.2) is 56.2 Å². The van der Waals surface area contributed by atoms with Crippen molar-refractivity contribution in [2.24, 2.45) is 0 Å². The van der Waals surface area contributed by atoms with E-state index in [2.05, 4.69) is 30.0 Å². The second-order valence-corrected chi connectivity index (χ2v) is 7.65. The molecule has 0 aliphatic carbocycles. The van der Waals surface area contributed by atoms with Gasteiger partial charge in [-0.3, -0.25) is 0 Å². The lowest BCUT2D eigenvalue weighted by atomic mass is 10.0. The Hall–Kier alpha value is -2.06. The molecular formula is C22H26ClN3O. The quantitative estimate of drug-likeness (QED) is 0.669. The van der Waals surface area contributed by atoms with Crippen LogP contribution in [0, 0.1) is 11.3 Å². The third-order valence-electron chi connectivity index (χ3n) is 5.13. The third-order valence-corrected chi connectivity index (χ3v) is 5.43. The average molecular weight is 384 g/mol. The lowest BCUT2D eigenvalue weighted by Crippen LogP contribution is -2.32. The number of rotatable bonds is 7. The predicted molar refractivity (Wildman–Crippen MR) is 110 cm³/mol. The van der Waals surface area contributed by atoms with Gasteiger partial charge in [0.25, 0.3) is 0 Å². The molecule has 1 aliphatic rings. The van der Waals surface area contributed by atoms with Gasteiger partial charge in [0.05, 0.1) is 23.3 Å². The van der Waals surface area contributed by atoms with Gasteiger partial charge in [-0.15, -0.1) is 0 Å². The summed E-state index contributed by atoms with van der Waals surface area (Å²) in [7, 11) is 4.31. The average Bonchev–Trinajstić information content (AvgIpc) is 3.15. The Bertz CT molecular complexity index is 798. The lowest BCUT2D eigenvalue weighted by molar-refractivity contribution is 0.242. The van der Waals surface area contributed by atoms with E-state index in [0.29, 0.717) is 23.2 Å². The van der Waals surface area contributed by atoms with E-state index in [1.165, 1.54) is 13.0 Å². The molecule has 1 heterocycles. The van der Waals surface area contributed by atoms with Crippen molar-refractivity contribution in [2.75, 3.05) is 40.3 Å². The number of likely N-dealkylation sites (tertiary alicyclic amines) is 1. The van der Waals surface area contributed by atoms with Gasteiger partial charge in [0.1, 0.15) is 5.75 Å². The second kappa shape index (κ2) is 9.23. The van der Waals surface area contributed by atoms with Crippen LogP contribution in [0.15, 0.2) is 42.5 Å². The highest BCUT2D eigenvalue weighted by Gasteiger charge is 2.23.